The number of nitrogens with two attached hydrogens (primary N) is 1. The predicted octanol–water partition coefficient (Wildman–Crippen LogP) is 3.50. The molecule has 2 saturated heterocycles. The lowest BCUT2D eigenvalue weighted by Crippen LogP contribution is -2.41. The van der Waals surface area contributed by atoms with Gasteiger partial charge in [-0.25, -0.2) is 0 Å². The molecule has 27 heavy (non-hydrogen) atoms. The molecule has 2 N–H and O–H groups in total. The summed E-state index contributed by atoms with van der Waals surface area (Å²) in [4.78, 5) is 0. The summed E-state index contributed by atoms with van der Waals surface area (Å²) in [5, 5.41) is 0. The first-order chi connectivity index (χ1) is 13.1. The molecule has 0 amide bonds. The third-order valence-corrected chi connectivity index (χ3v) is 6.32. The molecule has 0 radical (unpaired) electrons. The van der Waals surface area contributed by atoms with E-state index in [1.54, 1.807) is 0 Å². The monoisotopic (exact) mass is 375 g/mol. The van der Waals surface area contributed by atoms with Crippen molar-refractivity contribution in [1.29, 1.82) is 0 Å². The first-order valence-corrected chi connectivity index (χ1v) is 10.5. The second-order valence-corrected chi connectivity index (χ2v) is 8.32. The van der Waals surface area contributed by atoms with Gasteiger partial charge in [-0.1, -0.05) is 30.7 Å². The minimum absolute atomic E-state index is 0.0336. The number of rotatable bonds is 6. The summed E-state index contributed by atoms with van der Waals surface area (Å²) in [5.74, 6) is -0.545. The van der Waals surface area contributed by atoms with Gasteiger partial charge in [0.2, 0.25) is 0 Å². The lowest BCUT2D eigenvalue weighted by Gasteiger charge is -2.40. The zero-order valence-electron chi connectivity index (χ0n) is 16.5. The average Bonchev–Trinajstić information content (AvgIpc) is 3.30. The van der Waals surface area contributed by atoms with Gasteiger partial charge in [-0.15, -0.1) is 0 Å². The zero-order valence-corrected chi connectivity index (χ0v) is 16.5. The van der Waals surface area contributed by atoms with Crippen LogP contribution in [0.1, 0.15) is 62.5 Å². The van der Waals surface area contributed by atoms with Crippen LogP contribution in [0.2, 0.25) is 0 Å². The van der Waals surface area contributed by atoms with Crippen molar-refractivity contribution >= 4 is 0 Å². The molecule has 2 aliphatic heterocycles. The number of hydrogen-bond donors (Lipinski definition) is 1. The predicted molar refractivity (Wildman–Crippen MR) is 104 cm³/mol. The summed E-state index contributed by atoms with van der Waals surface area (Å²) in [6.07, 6.45) is 7.54. The van der Waals surface area contributed by atoms with E-state index >= 15 is 0 Å². The van der Waals surface area contributed by atoms with E-state index in [0.29, 0.717) is 32.3 Å². The van der Waals surface area contributed by atoms with Crippen LogP contribution in [-0.2, 0) is 25.4 Å². The summed E-state index contributed by atoms with van der Waals surface area (Å²) < 4.78 is 23.9. The minimum Gasteiger partial charge on any atom is -0.348 e. The smallest absolute Gasteiger partial charge is 0.175 e. The van der Waals surface area contributed by atoms with E-state index in [1.165, 1.54) is 17.5 Å². The van der Waals surface area contributed by atoms with Gasteiger partial charge in [-0.05, 0) is 43.7 Å². The fourth-order valence-corrected chi connectivity index (χ4v) is 4.78. The van der Waals surface area contributed by atoms with Crippen LogP contribution >= 0.6 is 0 Å². The Bertz CT molecular complexity index is 613. The summed E-state index contributed by atoms with van der Waals surface area (Å²) in [5.41, 5.74) is 8.49. The average molecular weight is 376 g/mol. The molecular weight excluding hydrogens is 342 g/mol. The SMILES string of the molecule is CC1(CCCc2ccc(C3CCCC[C@]34OCC(CN)O4)cc2)OCCO1. The molecule has 5 nitrogen and oxygen atoms in total. The molecule has 1 spiro atoms. The summed E-state index contributed by atoms with van der Waals surface area (Å²) in [6.45, 7) is 4.61. The number of aryl methyl sites for hydroxylation is 1. The van der Waals surface area contributed by atoms with Gasteiger partial charge in [-0.3, -0.25) is 0 Å². The van der Waals surface area contributed by atoms with Crippen LogP contribution < -0.4 is 5.73 Å². The van der Waals surface area contributed by atoms with E-state index in [9.17, 15) is 0 Å². The second-order valence-electron chi connectivity index (χ2n) is 8.32. The first kappa shape index (κ1) is 19.3. The standard InChI is InChI=1S/C22H33NO4/c1-21(24-13-14-25-21)11-4-5-17-7-9-18(10-8-17)20-6-2-3-12-22(20)26-16-19(15-23)27-22/h7-10,19-20H,2-6,11-16,23H2,1H3/t19?,20?,22-/m1/s1. The maximum absolute atomic E-state index is 6.29. The van der Waals surface area contributed by atoms with E-state index in [2.05, 4.69) is 24.3 Å². The zero-order chi connectivity index (χ0) is 18.7. The molecule has 3 fully saturated rings. The molecule has 1 aromatic carbocycles. The van der Waals surface area contributed by atoms with Crippen molar-refractivity contribution in [2.75, 3.05) is 26.4 Å². The van der Waals surface area contributed by atoms with E-state index < -0.39 is 5.79 Å². The Hall–Kier alpha value is -0.980. The third-order valence-electron chi connectivity index (χ3n) is 6.32. The molecule has 3 aliphatic rings. The highest BCUT2D eigenvalue weighted by Gasteiger charge is 2.49. The van der Waals surface area contributed by atoms with Crippen molar-refractivity contribution in [2.45, 2.75) is 75.5 Å². The third kappa shape index (κ3) is 4.22. The highest BCUT2D eigenvalue weighted by atomic mass is 16.7. The molecule has 0 bridgehead atoms. The highest BCUT2D eigenvalue weighted by molar-refractivity contribution is 5.28. The van der Waals surface area contributed by atoms with Crippen molar-refractivity contribution in [3.8, 4) is 0 Å². The molecule has 1 saturated carbocycles. The van der Waals surface area contributed by atoms with Gasteiger partial charge in [0, 0.05) is 25.3 Å². The van der Waals surface area contributed by atoms with Crippen LogP contribution in [0, 0.1) is 0 Å². The normalized spacial score (nSPS) is 33.0. The summed E-state index contributed by atoms with van der Waals surface area (Å²) >= 11 is 0. The van der Waals surface area contributed by atoms with Gasteiger partial charge >= 0.3 is 0 Å². The Morgan fingerprint density at radius 3 is 2.56 bits per heavy atom. The van der Waals surface area contributed by atoms with Gasteiger partial charge in [0.05, 0.1) is 25.9 Å². The quantitative estimate of drug-likeness (QED) is 0.824. The Morgan fingerprint density at radius 2 is 1.85 bits per heavy atom. The van der Waals surface area contributed by atoms with Gasteiger partial charge in [0.1, 0.15) is 0 Å². The fourth-order valence-electron chi connectivity index (χ4n) is 4.78. The van der Waals surface area contributed by atoms with Crippen molar-refractivity contribution in [3.63, 3.8) is 0 Å². The maximum atomic E-state index is 6.29. The van der Waals surface area contributed by atoms with Crippen LogP contribution in [0.25, 0.3) is 0 Å². The van der Waals surface area contributed by atoms with Crippen LogP contribution in [-0.4, -0.2) is 44.0 Å². The van der Waals surface area contributed by atoms with Gasteiger partial charge in [0.15, 0.2) is 11.6 Å². The molecule has 150 valence electrons. The van der Waals surface area contributed by atoms with Gasteiger partial charge in [-0.2, -0.15) is 0 Å². The number of benzene rings is 1. The van der Waals surface area contributed by atoms with Crippen LogP contribution in [0.5, 0.6) is 0 Å². The Morgan fingerprint density at radius 1 is 1.07 bits per heavy atom. The molecule has 3 atom stereocenters. The first-order valence-electron chi connectivity index (χ1n) is 10.5. The summed E-state index contributed by atoms with van der Waals surface area (Å²) in [6, 6.07) is 9.04. The van der Waals surface area contributed by atoms with Crippen LogP contribution in [0.15, 0.2) is 24.3 Å². The lowest BCUT2D eigenvalue weighted by atomic mass is 9.78. The maximum Gasteiger partial charge on any atom is 0.175 e. The topological polar surface area (TPSA) is 62.9 Å². The van der Waals surface area contributed by atoms with E-state index in [-0.39, 0.29) is 11.9 Å². The van der Waals surface area contributed by atoms with Crippen molar-refractivity contribution in [2.24, 2.45) is 5.73 Å². The molecule has 5 heteroatoms. The Balaban J connectivity index is 1.37. The highest BCUT2D eigenvalue weighted by Crippen LogP contribution is 2.47. The van der Waals surface area contributed by atoms with Crippen molar-refractivity contribution in [1.82, 2.24) is 0 Å². The number of hydrogen-bond acceptors (Lipinski definition) is 5. The van der Waals surface area contributed by atoms with Crippen molar-refractivity contribution in [3.05, 3.63) is 35.4 Å². The fraction of sp³-hybridized carbons (Fsp3) is 0.727. The molecular formula is C22H33NO4. The molecule has 1 aliphatic carbocycles. The van der Waals surface area contributed by atoms with Gasteiger partial charge < -0.3 is 24.7 Å². The van der Waals surface area contributed by atoms with Crippen LogP contribution in [0.4, 0.5) is 0 Å². The van der Waals surface area contributed by atoms with E-state index in [1.807, 2.05) is 6.92 Å². The van der Waals surface area contributed by atoms with E-state index in [4.69, 9.17) is 24.7 Å². The van der Waals surface area contributed by atoms with Crippen molar-refractivity contribution < 1.29 is 18.9 Å². The van der Waals surface area contributed by atoms with E-state index in [0.717, 1.165) is 38.5 Å². The van der Waals surface area contributed by atoms with Crippen LogP contribution in [0.3, 0.4) is 0 Å². The Labute approximate surface area is 162 Å². The molecule has 0 aromatic heterocycles. The molecule has 2 heterocycles. The molecule has 1 aromatic rings. The Kier molecular flexibility index (Phi) is 5.86. The van der Waals surface area contributed by atoms with Gasteiger partial charge in [0.25, 0.3) is 0 Å². The largest absolute Gasteiger partial charge is 0.348 e. The summed E-state index contributed by atoms with van der Waals surface area (Å²) in [7, 11) is 0. The second kappa shape index (κ2) is 8.18. The number of ether oxygens (including phenoxy) is 4. The minimum atomic E-state index is -0.463. The lowest BCUT2D eigenvalue weighted by molar-refractivity contribution is -0.199. The molecule has 4 rings (SSSR count). The molecule has 2 unspecified atom stereocenters.